The van der Waals surface area contributed by atoms with Gasteiger partial charge in [0.2, 0.25) is 5.75 Å². The van der Waals surface area contributed by atoms with Crippen molar-refractivity contribution in [2.75, 3.05) is 0 Å². The Balaban J connectivity index is 1.99. The molecule has 0 heterocycles. The topological polar surface area (TPSA) is 75.7 Å². The predicted octanol–water partition coefficient (Wildman–Crippen LogP) is 5.43. The van der Waals surface area contributed by atoms with Gasteiger partial charge in [-0.1, -0.05) is 29.8 Å². The molecule has 0 aliphatic carbocycles. The second-order valence-corrected chi connectivity index (χ2v) is 6.22. The molecule has 0 aliphatic heterocycles. The van der Waals surface area contributed by atoms with Crippen molar-refractivity contribution in [3.63, 3.8) is 0 Å². The van der Waals surface area contributed by atoms with Gasteiger partial charge in [-0.2, -0.15) is 0 Å². The van der Waals surface area contributed by atoms with Gasteiger partial charge in [0.05, 0.1) is 10.6 Å². The number of phenolic OH excluding ortho intramolecular Hbond substituents is 1. The van der Waals surface area contributed by atoms with E-state index < -0.39 is 22.2 Å². The molecule has 0 bridgehead atoms. The molecule has 0 atom stereocenters. The Morgan fingerprint density at radius 1 is 1.15 bits per heavy atom. The van der Waals surface area contributed by atoms with Crippen LogP contribution in [-0.4, -0.2) is 16.2 Å². The first-order valence-corrected chi connectivity index (χ1v) is 8.35. The van der Waals surface area contributed by atoms with E-state index in [0.29, 0.717) is 22.7 Å². The van der Waals surface area contributed by atoms with E-state index in [2.05, 4.69) is 4.99 Å². The minimum Gasteiger partial charge on any atom is -0.502 e. The quantitative estimate of drug-likeness (QED) is 0.362. The minimum absolute atomic E-state index is 0.190. The van der Waals surface area contributed by atoms with Crippen molar-refractivity contribution in [2.45, 2.75) is 6.42 Å². The fraction of sp³-hybridized carbons (Fsp3) is 0.0500. The molecule has 0 spiro atoms. The number of aliphatic imine (C=N–C) groups is 1. The Labute approximate surface area is 159 Å². The molecule has 136 valence electrons. The van der Waals surface area contributed by atoms with Gasteiger partial charge in [-0.3, -0.25) is 15.1 Å². The SMILES string of the molecule is O=[N+]([O-])c1cc(Cc2ccccc2Cl)cc(C=Nc2ccc(F)cc2)c1O. The average molecular weight is 385 g/mol. The summed E-state index contributed by atoms with van der Waals surface area (Å²) in [6.45, 7) is 0. The van der Waals surface area contributed by atoms with Crippen molar-refractivity contribution in [1.29, 1.82) is 0 Å². The number of aromatic hydroxyl groups is 1. The summed E-state index contributed by atoms with van der Waals surface area (Å²) < 4.78 is 13.0. The molecular weight excluding hydrogens is 371 g/mol. The Morgan fingerprint density at radius 3 is 2.52 bits per heavy atom. The molecule has 0 amide bonds. The molecule has 0 saturated heterocycles. The molecule has 3 aromatic rings. The highest BCUT2D eigenvalue weighted by atomic mass is 35.5. The first-order chi connectivity index (χ1) is 12.9. The lowest BCUT2D eigenvalue weighted by molar-refractivity contribution is -0.385. The first kappa shape index (κ1) is 18.5. The molecule has 3 aromatic carbocycles. The van der Waals surface area contributed by atoms with E-state index in [1.165, 1.54) is 36.5 Å². The standard InChI is InChI=1S/C20H14ClFN2O3/c21-18-4-2-1-3-14(18)9-13-10-15(20(25)19(11-13)24(26)27)12-23-17-7-5-16(22)6-8-17/h1-8,10-12,25H,9H2. The van der Waals surface area contributed by atoms with Gasteiger partial charge in [0.1, 0.15) is 5.82 Å². The zero-order valence-corrected chi connectivity index (χ0v) is 14.7. The van der Waals surface area contributed by atoms with Crippen molar-refractivity contribution in [3.8, 4) is 5.75 Å². The second-order valence-electron chi connectivity index (χ2n) is 5.81. The fourth-order valence-corrected chi connectivity index (χ4v) is 2.78. The van der Waals surface area contributed by atoms with E-state index in [9.17, 15) is 19.6 Å². The smallest absolute Gasteiger partial charge is 0.311 e. The molecule has 0 aromatic heterocycles. The maximum absolute atomic E-state index is 13.0. The number of benzene rings is 3. The second kappa shape index (κ2) is 7.97. The molecule has 5 nitrogen and oxygen atoms in total. The van der Waals surface area contributed by atoms with Crippen molar-refractivity contribution >= 4 is 29.2 Å². The predicted molar refractivity (Wildman–Crippen MR) is 103 cm³/mol. The summed E-state index contributed by atoms with van der Waals surface area (Å²) >= 11 is 6.16. The molecule has 0 aliphatic rings. The summed E-state index contributed by atoms with van der Waals surface area (Å²) in [6, 6.07) is 15.5. The lowest BCUT2D eigenvalue weighted by atomic mass is 10.0. The van der Waals surface area contributed by atoms with Crippen LogP contribution in [0.2, 0.25) is 5.02 Å². The van der Waals surface area contributed by atoms with Crippen LogP contribution < -0.4 is 0 Å². The Kier molecular flexibility index (Phi) is 5.47. The van der Waals surface area contributed by atoms with Gasteiger partial charge in [-0.05, 0) is 53.9 Å². The van der Waals surface area contributed by atoms with Crippen molar-refractivity contribution in [3.05, 3.63) is 98.3 Å². The van der Waals surface area contributed by atoms with E-state index in [0.717, 1.165) is 5.56 Å². The van der Waals surface area contributed by atoms with Crippen LogP contribution in [0.15, 0.2) is 65.7 Å². The summed E-state index contributed by atoms with van der Waals surface area (Å²) in [7, 11) is 0. The summed E-state index contributed by atoms with van der Waals surface area (Å²) in [5.74, 6) is -0.872. The van der Waals surface area contributed by atoms with Gasteiger partial charge >= 0.3 is 5.69 Å². The molecule has 0 saturated carbocycles. The van der Waals surface area contributed by atoms with Crippen LogP contribution in [0.5, 0.6) is 5.75 Å². The van der Waals surface area contributed by atoms with Gasteiger partial charge < -0.3 is 5.11 Å². The van der Waals surface area contributed by atoms with Crippen molar-refractivity contribution < 1.29 is 14.4 Å². The molecule has 0 fully saturated rings. The van der Waals surface area contributed by atoms with Crippen molar-refractivity contribution in [1.82, 2.24) is 0 Å². The van der Waals surface area contributed by atoms with Gasteiger partial charge in [-0.15, -0.1) is 0 Å². The average Bonchev–Trinajstić information content (AvgIpc) is 2.65. The van der Waals surface area contributed by atoms with Gasteiger partial charge in [-0.25, -0.2) is 4.39 Å². The molecule has 0 unspecified atom stereocenters. The maximum Gasteiger partial charge on any atom is 0.311 e. The van der Waals surface area contributed by atoms with E-state index in [-0.39, 0.29) is 5.56 Å². The number of halogens is 2. The van der Waals surface area contributed by atoms with Gasteiger partial charge in [0.25, 0.3) is 0 Å². The molecule has 27 heavy (non-hydrogen) atoms. The summed E-state index contributed by atoms with van der Waals surface area (Å²) in [6.07, 6.45) is 1.67. The maximum atomic E-state index is 13.0. The summed E-state index contributed by atoms with van der Waals surface area (Å²) in [5.41, 5.74) is 1.64. The fourth-order valence-electron chi connectivity index (χ4n) is 2.57. The third-order valence-electron chi connectivity index (χ3n) is 3.91. The van der Waals surface area contributed by atoms with Crippen LogP contribution >= 0.6 is 11.6 Å². The molecule has 1 N–H and O–H groups in total. The van der Waals surface area contributed by atoms with Crippen LogP contribution in [0.25, 0.3) is 0 Å². The highest BCUT2D eigenvalue weighted by molar-refractivity contribution is 6.31. The van der Waals surface area contributed by atoms with E-state index >= 15 is 0 Å². The van der Waals surface area contributed by atoms with Crippen LogP contribution in [0.1, 0.15) is 16.7 Å². The van der Waals surface area contributed by atoms with E-state index in [1.54, 1.807) is 18.2 Å². The summed E-state index contributed by atoms with van der Waals surface area (Å²) in [4.78, 5) is 14.8. The summed E-state index contributed by atoms with van der Waals surface area (Å²) in [5, 5.41) is 22.0. The van der Waals surface area contributed by atoms with E-state index in [1.807, 2.05) is 12.1 Å². The lowest BCUT2D eigenvalue weighted by Crippen LogP contribution is -1.97. The first-order valence-electron chi connectivity index (χ1n) is 7.97. The normalized spacial score (nSPS) is 11.0. The number of phenols is 1. The van der Waals surface area contributed by atoms with E-state index in [4.69, 9.17) is 11.6 Å². The highest BCUT2D eigenvalue weighted by Crippen LogP contribution is 2.32. The Bertz CT molecular complexity index is 1020. The molecule has 3 rings (SSSR count). The number of nitro benzene ring substituents is 1. The number of hydrogen-bond donors (Lipinski definition) is 1. The largest absolute Gasteiger partial charge is 0.502 e. The zero-order valence-electron chi connectivity index (χ0n) is 14.0. The third kappa shape index (κ3) is 4.48. The number of nitro groups is 1. The molecule has 0 radical (unpaired) electrons. The van der Waals surface area contributed by atoms with Gasteiger partial charge in [0.15, 0.2) is 0 Å². The molecular formula is C20H14ClFN2O3. The Morgan fingerprint density at radius 2 is 1.85 bits per heavy atom. The monoisotopic (exact) mass is 384 g/mol. The van der Waals surface area contributed by atoms with Crippen LogP contribution in [-0.2, 0) is 6.42 Å². The number of nitrogens with zero attached hydrogens (tertiary/aromatic N) is 2. The Hall–Kier alpha value is -3.25. The van der Waals surface area contributed by atoms with Crippen LogP contribution in [0, 0.1) is 15.9 Å². The van der Waals surface area contributed by atoms with Crippen molar-refractivity contribution in [2.24, 2.45) is 4.99 Å². The molecule has 7 heteroatoms. The third-order valence-corrected chi connectivity index (χ3v) is 4.28. The number of rotatable bonds is 5. The zero-order chi connectivity index (χ0) is 19.4. The minimum atomic E-state index is -0.652. The highest BCUT2D eigenvalue weighted by Gasteiger charge is 2.18. The van der Waals surface area contributed by atoms with Crippen LogP contribution in [0.4, 0.5) is 15.8 Å². The number of hydrogen-bond acceptors (Lipinski definition) is 4. The van der Waals surface area contributed by atoms with Gasteiger partial charge in [0, 0.05) is 22.9 Å². The van der Waals surface area contributed by atoms with Crippen LogP contribution in [0.3, 0.4) is 0 Å². The lowest BCUT2D eigenvalue weighted by Gasteiger charge is -2.07.